The van der Waals surface area contributed by atoms with Crippen molar-refractivity contribution in [1.82, 2.24) is 14.9 Å². The Balaban J connectivity index is 1.86. The number of fused-ring (bicyclic) bond motifs is 2. The van der Waals surface area contributed by atoms with Gasteiger partial charge in [-0.25, -0.2) is 4.98 Å². The van der Waals surface area contributed by atoms with Crippen LogP contribution in [0.1, 0.15) is 12.7 Å². The highest BCUT2D eigenvalue weighted by molar-refractivity contribution is 5.79. The molecule has 0 unspecified atom stereocenters. The summed E-state index contributed by atoms with van der Waals surface area (Å²) in [7, 11) is 0. The number of likely N-dealkylation sites (N-methyl/N-ethyl adjacent to an activating group) is 1. The van der Waals surface area contributed by atoms with Crippen molar-refractivity contribution >= 4 is 11.0 Å². The molecule has 2 aromatic rings. The molecule has 108 valence electrons. The molecule has 1 aromatic carbocycles. The zero-order valence-corrected chi connectivity index (χ0v) is 11.6. The first-order chi connectivity index (χ1) is 9.80. The zero-order chi connectivity index (χ0) is 13.9. The molecule has 0 spiro atoms. The Kier molecular flexibility index (Phi) is 3.75. The average molecular weight is 277 g/mol. The molecule has 0 radical (unpaired) electrons. The van der Waals surface area contributed by atoms with Crippen molar-refractivity contribution in [1.29, 1.82) is 0 Å². The highest BCUT2D eigenvalue weighted by atomic mass is 16.6. The van der Waals surface area contributed by atoms with Crippen molar-refractivity contribution in [2.45, 2.75) is 13.5 Å². The van der Waals surface area contributed by atoms with Gasteiger partial charge in [0.2, 0.25) is 0 Å². The van der Waals surface area contributed by atoms with Crippen LogP contribution in [0.2, 0.25) is 0 Å². The highest BCUT2D eigenvalue weighted by Crippen LogP contribution is 2.33. The monoisotopic (exact) mass is 277 g/mol. The van der Waals surface area contributed by atoms with Crippen molar-refractivity contribution in [3.8, 4) is 11.5 Å². The van der Waals surface area contributed by atoms with Crippen LogP contribution in [0.15, 0.2) is 12.1 Å². The molecular weight excluding hydrogens is 258 g/mol. The van der Waals surface area contributed by atoms with Crippen LogP contribution in [-0.4, -0.2) is 52.9 Å². The summed E-state index contributed by atoms with van der Waals surface area (Å²) in [5.74, 6) is 2.41. The third-order valence-corrected chi connectivity index (χ3v) is 3.43. The second-order valence-corrected chi connectivity index (χ2v) is 4.79. The molecule has 1 aromatic heterocycles. The van der Waals surface area contributed by atoms with Gasteiger partial charge in [0.05, 0.1) is 24.2 Å². The second kappa shape index (κ2) is 5.68. The Morgan fingerprint density at radius 1 is 1.30 bits per heavy atom. The molecule has 0 fully saturated rings. The number of imidazole rings is 1. The SMILES string of the molecule is CCN(CCO)Cc1nc2cc3c(cc2[nH]1)OCCO3. The van der Waals surface area contributed by atoms with Gasteiger partial charge in [0.1, 0.15) is 19.0 Å². The Hall–Kier alpha value is -1.79. The molecule has 2 heterocycles. The van der Waals surface area contributed by atoms with Crippen LogP contribution in [-0.2, 0) is 6.54 Å². The van der Waals surface area contributed by atoms with Gasteiger partial charge >= 0.3 is 0 Å². The van der Waals surface area contributed by atoms with Crippen molar-refractivity contribution in [2.24, 2.45) is 0 Å². The number of ether oxygens (including phenoxy) is 2. The molecule has 6 heteroatoms. The van der Waals surface area contributed by atoms with Gasteiger partial charge in [0, 0.05) is 18.7 Å². The normalized spacial score (nSPS) is 14.2. The molecular formula is C14H19N3O3. The van der Waals surface area contributed by atoms with Gasteiger partial charge in [0.25, 0.3) is 0 Å². The lowest BCUT2D eigenvalue weighted by Crippen LogP contribution is -2.26. The van der Waals surface area contributed by atoms with Crippen LogP contribution >= 0.6 is 0 Å². The first-order valence-electron chi connectivity index (χ1n) is 6.91. The average Bonchev–Trinajstić information content (AvgIpc) is 2.85. The first kappa shape index (κ1) is 13.2. The standard InChI is InChI=1S/C14H19N3O3/c1-2-17(3-4-18)9-14-15-10-7-12-13(8-11(10)16-14)20-6-5-19-12/h7-8,18H,2-6,9H2,1H3,(H,15,16). The lowest BCUT2D eigenvalue weighted by molar-refractivity contribution is 0.172. The molecule has 2 N–H and O–H groups in total. The Morgan fingerprint density at radius 3 is 2.75 bits per heavy atom. The van der Waals surface area contributed by atoms with E-state index in [9.17, 15) is 0 Å². The molecule has 0 saturated heterocycles. The van der Waals surface area contributed by atoms with E-state index in [-0.39, 0.29) is 6.61 Å². The minimum Gasteiger partial charge on any atom is -0.486 e. The molecule has 1 aliphatic heterocycles. The maximum atomic E-state index is 9.02. The fourth-order valence-electron chi connectivity index (χ4n) is 2.38. The van der Waals surface area contributed by atoms with E-state index in [2.05, 4.69) is 21.8 Å². The largest absolute Gasteiger partial charge is 0.486 e. The van der Waals surface area contributed by atoms with E-state index >= 15 is 0 Å². The lowest BCUT2D eigenvalue weighted by atomic mass is 10.2. The van der Waals surface area contributed by atoms with Gasteiger partial charge in [-0.1, -0.05) is 6.92 Å². The number of aliphatic hydroxyl groups is 1. The number of rotatable bonds is 5. The predicted octanol–water partition coefficient (Wildman–Crippen LogP) is 1.15. The molecule has 0 amide bonds. The summed E-state index contributed by atoms with van der Waals surface area (Å²) in [5, 5.41) is 9.02. The van der Waals surface area contributed by atoms with Gasteiger partial charge in [-0.15, -0.1) is 0 Å². The van der Waals surface area contributed by atoms with E-state index in [0.29, 0.717) is 26.3 Å². The maximum absolute atomic E-state index is 9.02. The zero-order valence-electron chi connectivity index (χ0n) is 11.6. The number of aromatic amines is 1. The third kappa shape index (κ3) is 2.57. The van der Waals surface area contributed by atoms with Gasteiger partial charge in [-0.3, -0.25) is 4.90 Å². The molecule has 6 nitrogen and oxygen atoms in total. The summed E-state index contributed by atoms with van der Waals surface area (Å²) in [6.45, 7) is 5.60. The van der Waals surface area contributed by atoms with Crippen LogP contribution < -0.4 is 9.47 Å². The van der Waals surface area contributed by atoms with Gasteiger partial charge in [0.15, 0.2) is 11.5 Å². The van der Waals surface area contributed by atoms with Gasteiger partial charge in [-0.2, -0.15) is 0 Å². The fourth-order valence-corrected chi connectivity index (χ4v) is 2.38. The molecule has 0 saturated carbocycles. The lowest BCUT2D eigenvalue weighted by Gasteiger charge is -2.17. The van der Waals surface area contributed by atoms with E-state index in [1.165, 1.54) is 0 Å². The van der Waals surface area contributed by atoms with Gasteiger partial charge in [-0.05, 0) is 6.54 Å². The summed E-state index contributed by atoms with van der Waals surface area (Å²) < 4.78 is 11.1. The van der Waals surface area contributed by atoms with Gasteiger partial charge < -0.3 is 19.6 Å². The Labute approximate surface area is 117 Å². The topological polar surface area (TPSA) is 70.6 Å². The summed E-state index contributed by atoms with van der Waals surface area (Å²) in [5.41, 5.74) is 1.83. The van der Waals surface area contributed by atoms with Crippen molar-refractivity contribution in [3.63, 3.8) is 0 Å². The number of nitrogens with zero attached hydrogens (tertiary/aromatic N) is 2. The molecule has 0 atom stereocenters. The fraction of sp³-hybridized carbons (Fsp3) is 0.500. The Morgan fingerprint density at radius 2 is 2.05 bits per heavy atom. The van der Waals surface area contributed by atoms with Crippen LogP contribution in [0.25, 0.3) is 11.0 Å². The number of hydrogen-bond acceptors (Lipinski definition) is 5. The van der Waals surface area contributed by atoms with E-state index in [1.807, 2.05) is 12.1 Å². The van der Waals surface area contributed by atoms with Crippen LogP contribution in [0.3, 0.4) is 0 Å². The quantitative estimate of drug-likeness (QED) is 0.858. The molecule has 1 aliphatic rings. The molecule has 0 aliphatic carbocycles. The Bertz CT molecular complexity index is 554. The first-order valence-corrected chi connectivity index (χ1v) is 6.91. The second-order valence-electron chi connectivity index (χ2n) is 4.79. The molecule has 20 heavy (non-hydrogen) atoms. The summed E-state index contributed by atoms with van der Waals surface area (Å²) >= 11 is 0. The number of aromatic nitrogens is 2. The number of hydrogen-bond donors (Lipinski definition) is 2. The number of aliphatic hydroxyl groups excluding tert-OH is 1. The van der Waals surface area contributed by atoms with Crippen molar-refractivity contribution in [2.75, 3.05) is 32.9 Å². The molecule has 0 bridgehead atoms. The highest BCUT2D eigenvalue weighted by Gasteiger charge is 2.15. The summed E-state index contributed by atoms with van der Waals surface area (Å²) in [4.78, 5) is 10.0. The minimum absolute atomic E-state index is 0.157. The van der Waals surface area contributed by atoms with Crippen molar-refractivity contribution in [3.05, 3.63) is 18.0 Å². The minimum atomic E-state index is 0.157. The maximum Gasteiger partial charge on any atom is 0.163 e. The van der Waals surface area contributed by atoms with E-state index in [4.69, 9.17) is 14.6 Å². The summed E-state index contributed by atoms with van der Waals surface area (Å²) in [6.07, 6.45) is 0. The smallest absolute Gasteiger partial charge is 0.163 e. The van der Waals surface area contributed by atoms with E-state index in [1.54, 1.807) is 0 Å². The van der Waals surface area contributed by atoms with E-state index < -0.39 is 0 Å². The van der Waals surface area contributed by atoms with Crippen LogP contribution in [0, 0.1) is 0 Å². The predicted molar refractivity (Wildman–Crippen MR) is 75.1 cm³/mol. The van der Waals surface area contributed by atoms with Crippen LogP contribution in [0.4, 0.5) is 0 Å². The molecule has 3 rings (SSSR count). The van der Waals surface area contributed by atoms with Crippen molar-refractivity contribution < 1.29 is 14.6 Å². The third-order valence-electron chi connectivity index (χ3n) is 3.43. The van der Waals surface area contributed by atoms with Crippen LogP contribution in [0.5, 0.6) is 11.5 Å². The number of H-pyrrole nitrogens is 1. The number of nitrogens with one attached hydrogen (secondary N) is 1. The number of benzene rings is 1. The summed E-state index contributed by atoms with van der Waals surface area (Å²) in [6, 6.07) is 3.84. The van der Waals surface area contributed by atoms with E-state index in [0.717, 1.165) is 34.9 Å².